The second-order valence-electron chi connectivity index (χ2n) is 6.28. The first-order valence-corrected chi connectivity index (χ1v) is 9.51. The van der Waals surface area contributed by atoms with Gasteiger partial charge in [0.15, 0.2) is 5.82 Å². The Bertz CT molecular complexity index is 1110. The van der Waals surface area contributed by atoms with Gasteiger partial charge in [-0.25, -0.2) is 4.98 Å². The van der Waals surface area contributed by atoms with E-state index in [0.717, 1.165) is 38.7 Å². The number of aromatic nitrogens is 2. The molecule has 0 spiro atoms. The number of thiophene rings is 1. The smallest absolute Gasteiger partial charge is 0.229 e. The van der Waals surface area contributed by atoms with Crippen LogP contribution in [0, 0.1) is 13.8 Å². The van der Waals surface area contributed by atoms with E-state index in [1.807, 2.05) is 48.7 Å². The quantitative estimate of drug-likeness (QED) is 0.407. The molecule has 2 aromatic heterocycles. The van der Waals surface area contributed by atoms with Crippen LogP contribution < -0.4 is 15.4 Å². The van der Waals surface area contributed by atoms with E-state index in [9.17, 15) is 0 Å². The van der Waals surface area contributed by atoms with Crippen molar-refractivity contribution >= 4 is 57.1 Å². The lowest BCUT2D eigenvalue weighted by Crippen LogP contribution is -2.03. The number of methoxy groups -OCH3 is 1. The summed E-state index contributed by atoms with van der Waals surface area (Å²) in [6.07, 6.45) is 0. The number of hydrogen-bond donors (Lipinski definition) is 2. The van der Waals surface area contributed by atoms with Crippen molar-refractivity contribution in [3.05, 3.63) is 65.0 Å². The number of ether oxygens (including phenoxy) is 1. The predicted octanol–water partition coefficient (Wildman–Crippen LogP) is 6.23. The van der Waals surface area contributed by atoms with E-state index < -0.39 is 0 Å². The molecule has 0 fully saturated rings. The number of para-hydroxylation sites is 1. The first-order valence-electron chi connectivity index (χ1n) is 8.63. The normalized spacial score (nSPS) is 10.4. The minimum Gasteiger partial charge on any atom is -0.497 e. The molecule has 0 aliphatic heterocycles. The zero-order valence-electron chi connectivity index (χ0n) is 15.8. The maximum Gasteiger partial charge on any atom is 0.229 e. The molecule has 0 amide bonds. The molecule has 0 aliphatic rings. The number of halogens is 1. The van der Waals surface area contributed by atoms with E-state index in [1.165, 1.54) is 5.56 Å². The fourth-order valence-corrected chi connectivity index (χ4v) is 3.64. The van der Waals surface area contributed by atoms with Gasteiger partial charge in [0.2, 0.25) is 5.95 Å². The van der Waals surface area contributed by atoms with Gasteiger partial charge in [0, 0.05) is 11.4 Å². The topological polar surface area (TPSA) is 59.1 Å². The maximum absolute atomic E-state index is 5.28. The van der Waals surface area contributed by atoms with Crippen molar-refractivity contribution in [2.45, 2.75) is 13.8 Å². The van der Waals surface area contributed by atoms with Gasteiger partial charge in [0.25, 0.3) is 0 Å². The van der Waals surface area contributed by atoms with Crippen LogP contribution in [0.1, 0.15) is 11.1 Å². The Morgan fingerprint density at radius 3 is 2.43 bits per heavy atom. The van der Waals surface area contributed by atoms with Gasteiger partial charge in [-0.05, 0) is 60.7 Å². The Hall–Kier alpha value is -2.83. The van der Waals surface area contributed by atoms with Gasteiger partial charge in [-0.15, -0.1) is 23.7 Å². The number of fused-ring (bicyclic) bond motifs is 1. The highest BCUT2D eigenvalue weighted by Crippen LogP contribution is 2.32. The fraction of sp³-hybridized carbons (Fsp3) is 0.143. The molecule has 4 rings (SSSR count). The molecule has 0 atom stereocenters. The van der Waals surface area contributed by atoms with E-state index in [-0.39, 0.29) is 12.4 Å². The average molecular weight is 413 g/mol. The third-order valence-corrected chi connectivity index (χ3v) is 5.29. The van der Waals surface area contributed by atoms with Crippen molar-refractivity contribution in [2.24, 2.45) is 0 Å². The summed E-state index contributed by atoms with van der Waals surface area (Å²) < 4.78 is 6.31. The van der Waals surface area contributed by atoms with Crippen molar-refractivity contribution in [3.63, 3.8) is 0 Å². The number of hydrogen-bond acceptors (Lipinski definition) is 6. The molecule has 4 aromatic rings. The lowest BCUT2D eigenvalue weighted by atomic mass is 10.2. The molecule has 7 heteroatoms. The Labute approximate surface area is 174 Å². The Morgan fingerprint density at radius 2 is 1.68 bits per heavy atom. The summed E-state index contributed by atoms with van der Waals surface area (Å²) in [6, 6.07) is 16.1. The number of nitrogens with zero attached hydrogens (tertiary/aromatic N) is 2. The molecular weight excluding hydrogens is 392 g/mol. The van der Waals surface area contributed by atoms with Crippen LogP contribution in [-0.4, -0.2) is 17.1 Å². The number of anilines is 4. The third kappa shape index (κ3) is 4.03. The van der Waals surface area contributed by atoms with Crippen LogP contribution in [0.4, 0.5) is 23.1 Å². The average Bonchev–Trinajstić information content (AvgIpc) is 3.14. The molecule has 144 valence electrons. The molecule has 0 unspecified atom stereocenters. The number of nitrogens with one attached hydrogen (secondary N) is 2. The second-order valence-corrected chi connectivity index (χ2v) is 7.19. The summed E-state index contributed by atoms with van der Waals surface area (Å²) >= 11 is 1.63. The van der Waals surface area contributed by atoms with Gasteiger partial charge < -0.3 is 15.4 Å². The molecule has 2 aromatic carbocycles. The highest BCUT2D eigenvalue weighted by molar-refractivity contribution is 7.17. The monoisotopic (exact) mass is 412 g/mol. The van der Waals surface area contributed by atoms with Gasteiger partial charge in [0.1, 0.15) is 5.75 Å². The summed E-state index contributed by atoms with van der Waals surface area (Å²) in [7, 11) is 1.67. The van der Waals surface area contributed by atoms with Gasteiger partial charge in [-0.1, -0.05) is 18.2 Å². The Balaban J connectivity index is 0.00000225. The molecule has 5 nitrogen and oxygen atoms in total. The van der Waals surface area contributed by atoms with Crippen LogP contribution in [0.15, 0.2) is 53.9 Å². The van der Waals surface area contributed by atoms with Crippen molar-refractivity contribution in [2.75, 3.05) is 17.7 Å². The van der Waals surface area contributed by atoms with Gasteiger partial charge in [-0.3, -0.25) is 0 Å². The van der Waals surface area contributed by atoms with Crippen LogP contribution in [0.25, 0.3) is 10.2 Å². The summed E-state index contributed by atoms with van der Waals surface area (Å²) in [5.74, 6) is 2.19. The van der Waals surface area contributed by atoms with Crippen molar-refractivity contribution < 1.29 is 4.74 Å². The van der Waals surface area contributed by atoms with Crippen LogP contribution in [-0.2, 0) is 0 Å². The maximum atomic E-state index is 5.28. The Kier molecular flexibility index (Phi) is 6.02. The van der Waals surface area contributed by atoms with Crippen LogP contribution in [0.3, 0.4) is 0 Å². The zero-order chi connectivity index (χ0) is 18.8. The van der Waals surface area contributed by atoms with E-state index in [2.05, 4.69) is 34.7 Å². The Morgan fingerprint density at radius 1 is 0.893 bits per heavy atom. The standard InChI is InChI=1S/C21H20N4OS.ClH/c1-13-6-4-5-7-16(13)22-20-19-18(10-11-27-19)24-21(25-20)23-17-9-8-15(26-3)12-14(17)2;/h4-12H,1-3H3,(H2,22,23,24,25);1H. The van der Waals surface area contributed by atoms with Gasteiger partial charge in [0.05, 0.1) is 17.3 Å². The SMILES string of the molecule is COc1ccc(Nc2nc(Nc3ccccc3C)c3sccc3n2)c(C)c1.Cl. The zero-order valence-corrected chi connectivity index (χ0v) is 17.4. The summed E-state index contributed by atoms with van der Waals surface area (Å²) in [5, 5.41) is 8.83. The molecule has 0 bridgehead atoms. The van der Waals surface area contributed by atoms with Crippen LogP contribution in [0.2, 0.25) is 0 Å². The van der Waals surface area contributed by atoms with Gasteiger partial charge >= 0.3 is 0 Å². The third-order valence-electron chi connectivity index (χ3n) is 4.38. The molecular formula is C21H21ClN4OS. The minimum absolute atomic E-state index is 0. The summed E-state index contributed by atoms with van der Waals surface area (Å²) in [5.41, 5.74) is 5.14. The second kappa shape index (κ2) is 8.46. The summed E-state index contributed by atoms with van der Waals surface area (Å²) in [4.78, 5) is 9.39. The molecule has 0 radical (unpaired) electrons. The lowest BCUT2D eigenvalue weighted by molar-refractivity contribution is 0.414. The van der Waals surface area contributed by atoms with Crippen LogP contribution >= 0.6 is 23.7 Å². The van der Waals surface area contributed by atoms with Crippen molar-refractivity contribution in [3.8, 4) is 5.75 Å². The number of aryl methyl sites for hydroxylation is 2. The molecule has 0 saturated carbocycles. The highest BCUT2D eigenvalue weighted by Gasteiger charge is 2.11. The first-order chi connectivity index (χ1) is 13.1. The highest BCUT2D eigenvalue weighted by atomic mass is 35.5. The first kappa shape index (κ1) is 19.9. The molecule has 2 heterocycles. The van der Waals surface area contributed by atoms with Crippen molar-refractivity contribution in [1.82, 2.24) is 9.97 Å². The largest absolute Gasteiger partial charge is 0.497 e. The predicted molar refractivity (Wildman–Crippen MR) is 120 cm³/mol. The summed E-state index contributed by atoms with van der Waals surface area (Å²) in [6.45, 7) is 4.11. The van der Waals surface area contributed by atoms with E-state index in [1.54, 1.807) is 18.4 Å². The molecule has 0 aliphatic carbocycles. The van der Waals surface area contributed by atoms with Crippen LogP contribution in [0.5, 0.6) is 5.75 Å². The molecule has 0 saturated heterocycles. The number of rotatable bonds is 5. The van der Waals surface area contributed by atoms with E-state index >= 15 is 0 Å². The molecule has 28 heavy (non-hydrogen) atoms. The minimum atomic E-state index is 0. The number of benzene rings is 2. The van der Waals surface area contributed by atoms with E-state index in [4.69, 9.17) is 9.72 Å². The van der Waals surface area contributed by atoms with E-state index in [0.29, 0.717) is 5.95 Å². The lowest BCUT2D eigenvalue weighted by Gasteiger charge is -2.13. The van der Waals surface area contributed by atoms with Gasteiger partial charge in [-0.2, -0.15) is 4.98 Å². The molecule has 2 N–H and O–H groups in total. The fourth-order valence-electron chi connectivity index (χ4n) is 2.87. The van der Waals surface area contributed by atoms with Crippen molar-refractivity contribution in [1.29, 1.82) is 0 Å².